The van der Waals surface area contributed by atoms with Gasteiger partial charge in [-0.15, -0.1) is 0 Å². The van der Waals surface area contributed by atoms with Crippen LogP contribution in [0.2, 0.25) is 0 Å². The Morgan fingerprint density at radius 3 is 2.64 bits per heavy atom. The number of aromatic amines is 1. The lowest BCUT2D eigenvalue weighted by molar-refractivity contribution is -0.00544. The first-order valence-corrected chi connectivity index (χ1v) is 8.59. The summed E-state index contributed by atoms with van der Waals surface area (Å²) in [5, 5.41) is -1.46. The van der Waals surface area contributed by atoms with Crippen LogP contribution in [-0.2, 0) is 15.7 Å². The van der Waals surface area contributed by atoms with Crippen molar-refractivity contribution in [2.45, 2.75) is 38.5 Å². The highest BCUT2D eigenvalue weighted by atomic mass is 31.2. The molecule has 122 valence electrons. The molecule has 0 aliphatic rings. The maximum atomic E-state index is 11.7. The van der Waals surface area contributed by atoms with Crippen LogP contribution in [0.3, 0.4) is 0 Å². The molecule has 0 radical (unpaired) electrons. The molecule has 10 heteroatoms. The van der Waals surface area contributed by atoms with E-state index in [1.807, 2.05) is 0 Å². The van der Waals surface area contributed by atoms with Crippen molar-refractivity contribution in [1.82, 2.24) is 19.9 Å². The molecule has 0 atom stereocenters. The predicted molar refractivity (Wildman–Crippen MR) is 81.1 cm³/mol. The van der Waals surface area contributed by atoms with Crippen LogP contribution in [0.4, 0.5) is 5.82 Å². The zero-order chi connectivity index (χ0) is 16.4. The van der Waals surface area contributed by atoms with Crippen molar-refractivity contribution in [1.29, 1.82) is 0 Å². The molecule has 2 aromatic rings. The van der Waals surface area contributed by atoms with E-state index < -0.39 is 12.9 Å². The largest absolute Gasteiger partial charge is 0.382 e. The van der Waals surface area contributed by atoms with Gasteiger partial charge in [0.25, 0.3) is 0 Å². The molecular formula is C12H20N5O4P. The second-order valence-electron chi connectivity index (χ2n) is 4.92. The van der Waals surface area contributed by atoms with Gasteiger partial charge < -0.3 is 25.2 Å². The Labute approximate surface area is 127 Å². The second kappa shape index (κ2) is 6.29. The molecule has 0 unspecified atom stereocenters. The summed E-state index contributed by atoms with van der Waals surface area (Å²) >= 11 is 0. The number of hydrogen-bond acceptors (Lipinski definition) is 6. The van der Waals surface area contributed by atoms with E-state index in [9.17, 15) is 14.4 Å². The molecule has 9 nitrogen and oxygen atoms in total. The Hall–Kier alpha value is -1.54. The third-order valence-electron chi connectivity index (χ3n) is 3.69. The number of aromatic nitrogens is 4. The Morgan fingerprint density at radius 2 is 2.05 bits per heavy atom. The lowest BCUT2D eigenvalue weighted by Gasteiger charge is -2.32. The smallest absolute Gasteiger partial charge is 0.357 e. The minimum Gasteiger partial charge on any atom is -0.382 e. The SMILES string of the molecule is CCC(CC)(OCCc1nc(N)c2[nH]cnc2n1)P(=O)(O)O. The van der Waals surface area contributed by atoms with Crippen LogP contribution >= 0.6 is 7.60 Å². The maximum absolute atomic E-state index is 11.7. The van der Waals surface area contributed by atoms with E-state index in [0.29, 0.717) is 17.0 Å². The van der Waals surface area contributed by atoms with Crippen molar-refractivity contribution in [2.75, 3.05) is 12.3 Å². The Balaban J connectivity index is 2.09. The number of imidazole rings is 1. The summed E-state index contributed by atoms with van der Waals surface area (Å²) in [5.41, 5.74) is 6.81. The molecule has 2 heterocycles. The average molecular weight is 329 g/mol. The summed E-state index contributed by atoms with van der Waals surface area (Å²) in [4.78, 5) is 34.2. The van der Waals surface area contributed by atoms with Crippen molar-refractivity contribution in [3.8, 4) is 0 Å². The van der Waals surface area contributed by atoms with Crippen LogP contribution in [0, 0.1) is 0 Å². The van der Waals surface area contributed by atoms with Crippen LogP contribution in [0.15, 0.2) is 6.33 Å². The predicted octanol–water partition coefficient (Wildman–Crippen LogP) is 1.19. The van der Waals surface area contributed by atoms with Gasteiger partial charge in [0.2, 0.25) is 0 Å². The zero-order valence-corrected chi connectivity index (χ0v) is 13.4. The highest BCUT2D eigenvalue weighted by Gasteiger charge is 2.44. The van der Waals surface area contributed by atoms with Crippen molar-refractivity contribution < 1.29 is 19.1 Å². The standard InChI is InChI=1S/C12H20N5O4P/c1-3-12(4-2,22(18,19)20)21-6-5-8-16-10(13)9-11(17-8)15-7-14-9/h7H,3-6H2,1-2H3,(H2,18,19,20)(H3,13,14,15,16,17). The molecule has 0 saturated carbocycles. The van der Waals surface area contributed by atoms with Gasteiger partial charge in [0.15, 0.2) is 16.8 Å². The minimum atomic E-state index is -4.37. The molecule has 5 N–H and O–H groups in total. The van der Waals surface area contributed by atoms with Crippen molar-refractivity contribution in [3.63, 3.8) is 0 Å². The van der Waals surface area contributed by atoms with Crippen molar-refractivity contribution in [3.05, 3.63) is 12.2 Å². The second-order valence-corrected chi connectivity index (χ2v) is 6.83. The number of nitrogens with two attached hydrogens (primary N) is 1. The number of anilines is 1. The molecule has 0 aromatic carbocycles. The Morgan fingerprint density at radius 1 is 1.36 bits per heavy atom. The lowest BCUT2D eigenvalue weighted by Crippen LogP contribution is -2.32. The summed E-state index contributed by atoms with van der Waals surface area (Å²) in [5.74, 6) is 0.702. The highest BCUT2D eigenvalue weighted by Crippen LogP contribution is 2.55. The van der Waals surface area contributed by atoms with Crippen molar-refractivity contribution in [2.24, 2.45) is 0 Å². The van der Waals surface area contributed by atoms with E-state index in [1.165, 1.54) is 6.33 Å². The molecule has 22 heavy (non-hydrogen) atoms. The van der Waals surface area contributed by atoms with Gasteiger partial charge in [0, 0.05) is 6.42 Å². The van der Waals surface area contributed by atoms with E-state index in [4.69, 9.17) is 10.5 Å². The Kier molecular flexibility index (Phi) is 4.81. The van der Waals surface area contributed by atoms with Gasteiger partial charge in [-0.3, -0.25) is 4.57 Å². The summed E-state index contributed by atoms with van der Waals surface area (Å²) in [7, 11) is -4.37. The zero-order valence-electron chi connectivity index (χ0n) is 12.5. The fourth-order valence-corrected chi connectivity index (χ4v) is 3.38. The molecule has 0 aliphatic carbocycles. The molecule has 0 bridgehead atoms. The monoisotopic (exact) mass is 329 g/mol. The first-order valence-electron chi connectivity index (χ1n) is 6.98. The van der Waals surface area contributed by atoms with Gasteiger partial charge in [-0.1, -0.05) is 13.8 Å². The molecule has 2 aromatic heterocycles. The summed E-state index contributed by atoms with van der Waals surface area (Å²) in [6, 6.07) is 0. The van der Waals surface area contributed by atoms with Gasteiger partial charge in [-0.2, -0.15) is 0 Å². The number of nitrogens with zero attached hydrogens (tertiary/aromatic N) is 3. The molecule has 0 spiro atoms. The summed E-state index contributed by atoms with van der Waals surface area (Å²) < 4.78 is 17.2. The summed E-state index contributed by atoms with van der Waals surface area (Å²) in [6.07, 6.45) is 2.20. The van der Waals surface area contributed by atoms with Gasteiger partial charge in [0.05, 0.1) is 12.9 Å². The number of ether oxygens (including phenoxy) is 1. The van der Waals surface area contributed by atoms with E-state index in [2.05, 4.69) is 19.9 Å². The molecule has 2 rings (SSSR count). The van der Waals surface area contributed by atoms with E-state index >= 15 is 0 Å². The maximum Gasteiger partial charge on any atom is 0.357 e. The molecule has 0 saturated heterocycles. The molecule has 0 aliphatic heterocycles. The van der Waals surface area contributed by atoms with Crippen molar-refractivity contribution >= 4 is 24.6 Å². The van der Waals surface area contributed by atoms with Crippen LogP contribution < -0.4 is 5.73 Å². The lowest BCUT2D eigenvalue weighted by atomic mass is 10.2. The van der Waals surface area contributed by atoms with E-state index in [-0.39, 0.29) is 31.7 Å². The number of H-pyrrole nitrogens is 1. The van der Waals surface area contributed by atoms with E-state index in [1.54, 1.807) is 13.8 Å². The topological polar surface area (TPSA) is 147 Å². The molecule has 0 fully saturated rings. The van der Waals surface area contributed by atoms with Crippen LogP contribution in [0.25, 0.3) is 11.2 Å². The quantitative estimate of drug-likeness (QED) is 0.554. The van der Waals surface area contributed by atoms with Gasteiger partial charge in [0.1, 0.15) is 11.3 Å². The summed E-state index contributed by atoms with van der Waals surface area (Å²) in [6.45, 7) is 3.46. The van der Waals surface area contributed by atoms with Crippen LogP contribution in [0.5, 0.6) is 0 Å². The van der Waals surface area contributed by atoms with Crippen LogP contribution in [-0.4, -0.2) is 41.7 Å². The van der Waals surface area contributed by atoms with Gasteiger partial charge >= 0.3 is 7.60 Å². The Bertz CT molecular complexity index is 694. The fourth-order valence-electron chi connectivity index (χ4n) is 2.30. The first kappa shape index (κ1) is 16.8. The number of fused-ring (bicyclic) bond motifs is 1. The number of rotatable bonds is 7. The highest BCUT2D eigenvalue weighted by molar-refractivity contribution is 7.53. The number of nitrogens with one attached hydrogen (secondary N) is 1. The number of nitrogen functional groups attached to an aromatic ring is 1. The average Bonchev–Trinajstić information content (AvgIpc) is 2.91. The van der Waals surface area contributed by atoms with Crippen LogP contribution in [0.1, 0.15) is 32.5 Å². The number of hydrogen-bond donors (Lipinski definition) is 4. The third-order valence-corrected chi connectivity index (χ3v) is 5.52. The van der Waals surface area contributed by atoms with Gasteiger partial charge in [-0.05, 0) is 12.8 Å². The third kappa shape index (κ3) is 3.12. The normalized spacial score (nSPS) is 12.9. The van der Waals surface area contributed by atoms with E-state index in [0.717, 1.165) is 0 Å². The van der Waals surface area contributed by atoms with Gasteiger partial charge in [-0.25, -0.2) is 15.0 Å². The fraction of sp³-hybridized carbons (Fsp3) is 0.583. The molecule has 0 amide bonds. The first-order chi connectivity index (χ1) is 10.3. The molecular weight excluding hydrogens is 309 g/mol. The minimum absolute atomic E-state index is 0.0855.